The molecule has 0 aliphatic rings. The van der Waals surface area contributed by atoms with Crippen LogP contribution in [0.3, 0.4) is 0 Å². The number of benzene rings is 1. The topological polar surface area (TPSA) is 77.5 Å². The zero-order chi connectivity index (χ0) is 13.0. The average Bonchev–Trinajstić information content (AvgIpc) is 2.67. The molecule has 1 amide bonds. The number of carbonyl (C=O) groups excluding carboxylic acids is 1. The van der Waals surface area contributed by atoms with Gasteiger partial charge in [-0.1, -0.05) is 19.1 Å². The van der Waals surface area contributed by atoms with Crippen LogP contribution in [0.5, 0.6) is 0 Å². The van der Waals surface area contributed by atoms with Crippen LogP contribution in [0.4, 0.5) is 11.6 Å². The Morgan fingerprint density at radius 3 is 3.00 bits per heavy atom. The first kappa shape index (κ1) is 12.4. The molecule has 1 aromatic carbocycles. The fraction of sp³-hybridized carbons (Fsp3) is 0.308. The van der Waals surface area contributed by atoms with Gasteiger partial charge in [-0.15, -0.1) is 0 Å². The largest absolute Gasteiger partial charge is 0.439 e. The van der Waals surface area contributed by atoms with Crippen LogP contribution < -0.4 is 11.1 Å². The highest BCUT2D eigenvalue weighted by Crippen LogP contribution is 2.32. The Kier molecular flexibility index (Phi) is 3.84. The minimum atomic E-state index is -0.235. The lowest BCUT2D eigenvalue weighted by Gasteiger charge is -2.04. The number of fused-ring (bicyclic) bond motifs is 1. The molecule has 0 aliphatic heterocycles. The molecule has 0 bridgehead atoms. The van der Waals surface area contributed by atoms with Gasteiger partial charge in [0.05, 0.1) is 0 Å². The van der Waals surface area contributed by atoms with Gasteiger partial charge in [0.15, 0.2) is 0 Å². The number of rotatable bonds is 5. The number of nitrogen functional groups attached to an aromatic ring is 1. The molecule has 0 saturated heterocycles. The van der Waals surface area contributed by atoms with Crippen LogP contribution in [-0.4, -0.2) is 19.1 Å². The van der Waals surface area contributed by atoms with Crippen molar-refractivity contribution >= 4 is 28.4 Å². The lowest BCUT2D eigenvalue weighted by atomic mass is 10.2. The van der Waals surface area contributed by atoms with E-state index in [9.17, 15) is 4.79 Å². The maximum absolute atomic E-state index is 11.6. The molecule has 3 N–H and O–H groups in total. The van der Waals surface area contributed by atoms with Gasteiger partial charge in [-0.05, 0) is 18.6 Å². The van der Waals surface area contributed by atoms with Crippen molar-refractivity contribution in [1.82, 2.24) is 0 Å². The highest BCUT2D eigenvalue weighted by molar-refractivity contribution is 6.05. The predicted molar refractivity (Wildman–Crippen MR) is 70.4 cm³/mol. The second-order valence-corrected chi connectivity index (χ2v) is 3.94. The molecule has 2 rings (SSSR count). The van der Waals surface area contributed by atoms with Gasteiger partial charge < -0.3 is 20.2 Å². The van der Waals surface area contributed by atoms with Gasteiger partial charge in [0.1, 0.15) is 17.9 Å². The summed E-state index contributed by atoms with van der Waals surface area (Å²) in [4.78, 5) is 11.6. The molecule has 0 spiro atoms. The first-order chi connectivity index (χ1) is 8.72. The second-order valence-electron chi connectivity index (χ2n) is 3.94. The van der Waals surface area contributed by atoms with Crippen LogP contribution in [0.25, 0.3) is 11.0 Å². The third kappa shape index (κ3) is 2.62. The first-order valence-electron chi connectivity index (χ1n) is 5.87. The van der Waals surface area contributed by atoms with E-state index in [1.165, 1.54) is 0 Å². The molecule has 1 aromatic heterocycles. The summed E-state index contributed by atoms with van der Waals surface area (Å²) in [6.45, 7) is 2.57. The van der Waals surface area contributed by atoms with Gasteiger partial charge in [-0.3, -0.25) is 4.79 Å². The van der Waals surface area contributed by atoms with E-state index in [1.54, 1.807) is 6.07 Å². The Hall–Kier alpha value is -2.01. The summed E-state index contributed by atoms with van der Waals surface area (Å²) >= 11 is 0. The summed E-state index contributed by atoms with van der Waals surface area (Å²) in [5, 5.41) is 3.50. The van der Waals surface area contributed by atoms with Gasteiger partial charge in [-0.2, -0.15) is 0 Å². The lowest BCUT2D eigenvalue weighted by Crippen LogP contribution is -2.18. The van der Waals surface area contributed by atoms with Crippen LogP contribution in [0, 0.1) is 0 Å². The zero-order valence-corrected chi connectivity index (χ0v) is 10.2. The second kappa shape index (κ2) is 5.55. The smallest absolute Gasteiger partial charge is 0.250 e. The predicted octanol–water partition coefficient (Wildman–Crippen LogP) is 2.38. The number of ether oxygens (including phenoxy) is 1. The van der Waals surface area contributed by atoms with E-state index in [1.807, 2.05) is 25.1 Å². The van der Waals surface area contributed by atoms with E-state index in [0.717, 1.165) is 11.8 Å². The van der Waals surface area contributed by atoms with E-state index in [0.29, 0.717) is 17.9 Å². The van der Waals surface area contributed by atoms with Gasteiger partial charge in [0, 0.05) is 12.0 Å². The summed E-state index contributed by atoms with van der Waals surface area (Å²) in [7, 11) is 0. The fourth-order valence-corrected chi connectivity index (χ4v) is 1.68. The SMILES string of the molecule is CCCOCC(=O)Nc1c(N)oc2ccccc12. The maximum Gasteiger partial charge on any atom is 0.250 e. The Bertz CT molecular complexity index is 548. The summed E-state index contributed by atoms with van der Waals surface area (Å²) in [6.07, 6.45) is 0.879. The van der Waals surface area contributed by atoms with Crippen molar-refractivity contribution in [1.29, 1.82) is 0 Å². The van der Waals surface area contributed by atoms with Gasteiger partial charge in [0.25, 0.3) is 5.91 Å². The third-order valence-electron chi connectivity index (χ3n) is 2.47. The number of hydrogen-bond acceptors (Lipinski definition) is 4. The van der Waals surface area contributed by atoms with Gasteiger partial charge >= 0.3 is 0 Å². The third-order valence-corrected chi connectivity index (χ3v) is 2.47. The standard InChI is InChI=1S/C13H16N2O3/c1-2-7-17-8-11(16)15-12-9-5-3-4-6-10(9)18-13(12)14/h3-6H,2,7-8,14H2,1H3,(H,15,16). The number of furan rings is 1. The zero-order valence-electron chi connectivity index (χ0n) is 10.2. The average molecular weight is 248 g/mol. The monoisotopic (exact) mass is 248 g/mol. The molecule has 0 atom stereocenters. The molecule has 18 heavy (non-hydrogen) atoms. The number of amides is 1. The first-order valence-corrected chi connectivity index (χ1v) is 5.87. The summed E-state index contributed by atoms with van der Waals surface area (Å²) in [5.74, 6) is -0.0262. The van der Waals surface area contributed by atoms with Gasteiger partial charge in [0.2, 0.25) is 5.88 Å². The molecule has 0 saturated carbocycles. The molecular formula is C13H16N2O3. The molecule has 2 aromatic rings. The van der Waals surface area contributed by atoms with E-state index in [-0.39, 0.29) is 18.4 Å². The summed E-state index contributed by atoms with van der Waals surface area (Å²) < 4.78 is 10.5. The molecular weight excluding hydrogens is 232 g/mol. The maximum atomic E-state index is 11.6. The van der Waals surface area contributed by atoms with Crippen molar-refractivity contribution in [3.05, 3.63) is 24.3 Å². The molecule has 5 heteroatoms. The van der Waals surface area contributed by atoms with E-state index >= 15 is 0 Å². The minimum absolute atomic E-state index is 0.0206. The van der Waals surface area contributed by atoms with Crippen LogP contribution in [0.15, 0.2) is 28.7 Å². The fourth-order valence-electron chi connectivity index (χ4n) is 1.68. The molecule has 0 unspecified atom stereocenters. The van der Waals surface area contributed by atoms with Crippen molar-refractivity contribution < 1.29 is 13.9 Å². The van der Waals surface area contributed by atoms with Crippen LogP contribution in [-0.2, 0) is 9.53 Å². The summed E-state index contributed by atoms with van der Waals surface area (Å²) in [6, 6.07) is 7.36. The number of anilines is 2. The van der Waals surface area contributed by atoms with Crippen LogP contribution in [0.1, 0.15) is 13.3 Å². The molecule has 0 aliphatic carbocycles. The van der Waals surface area contributed by atoms with E-state index < -0.39 is 0 Å². The Morgan fingerprint density at radius 2 is 2.22 bits per heavy atom. The minimum Gasteiger partial charge on any atom is -0.439 e. The highest BCUT2D eigenvalue weighted by Gasteiger charge is 2.13. The van der Waals surface area contributed by atoms with E-state index in [4.69, 9.17) is 14.9 Å². The Balaban J connectivity index is 2.11. The molecule has 96 valence electrons. The van der Waals surface area contributed by atoms with Crippen molar-refractivity contribution in [2.45, 2.75) is 13.3 Å². The Morgan fingerprint density at radius 1 is 1.44 bits per heavy atom. The number of hydrogen-bond donors (Lipinski definition) is 2. The lowest BCUT2D eigenvalue weighted by molar-refractivity contribution is -0.120. The van der Waals surface area contributed by atoms with Crippen molar-refractivity contribution in [2.24, 2.45) is 0 Å². The normalized spacial score (nSPS) is 10.7. The highest BCUT2D eigenvalue weighted by atomic mass is 16.5. The van der Waals surface area contributed by atoms with Crippen molar-refractivity contribution in [3.8, 4) is 0 Å². The molecule has 0 radical (unpaired) electrons. The Labute approximate surface area is 105 Å². The van der Waals surface area contributed by atoms with Crippen molar-refractivity contribution in [3.63, 3.8) is 0 Å². The number of nitrogens with two attached hydrogens (primary N) is 1. The molecule has 0 fully saturated rings. The quantitative estimate of drug-likeness (QED) is 0.796. The van der Waals surface area contributed by atoms with Crippen LogP contribution >= 0.6 is 0 Å². The molecule has 1 heterocycles. The van der Waals surface area contributed by atoms with Crippen LogP contribution in [0.2, 0.25) is 0 Å². The van der Waals surface area contributed by atoms with Gasteiger partial charge in [-0.25, -0.2) is 0 Å². The summed E-state index contributed by atoms with van der Waals surface area (Å²) in [5.41, 5.74) is 6.90. The number of para-hydroxylation sites is 1. The van der Waals surface area contributed by atoms with E-state index in [2.05, 4.69) is 5.32 Å². The van der Waals surface area contributed by atoms with Crippen molar-refractivity contribution in [2.75, 3.05) is 24.3 Å². The molecule has 5 nitrogen and oxygen atoms in total. The number of nitrogens with one attached hydrogen (secondary N) is 1. The number of carbonyl (C=O) groups is 1.